The number of halogens is 3. The molecular formula is C18H15F3N6O3. The molecule has 0 saturated heterocycles. The first-order chi connectivity index (χ1) is 14.2. The number of aliphatic imine (C=N–C) groups is 1. The predicted molar refractivity (Wildman–Crippen MR) is 97.7 cm³/mol. The molecule has 2 aromatic rings. The molecule has 3 rings (SSSR count). The number of hydrogen-bond acceptors (Lipinski definition) is 8. The maximum Gasteiger partial charge on any atom is 0.419 e. The first kappa shape index (κ1) is 21.0. The highest BCUT2D eigenvalue weighted by molar-refractivity contribution is 5.85. The quantitative estimate of drug-likeness (QED) is 0.774. The van der Waals surface area contributed by atoms with Crippen molar-refractivity contribution >= 4 is 17.7 Å². The lowest BCUT2D eigenvalue weighted by Crippen LogP contribution is -2.46. The van der Waals surface area contributed by atoms with Crippen molar-refractivity contribution in [2.75, 3.05) is 18.5 Å². The number of nitrogens with zero attached hydrogens (tertiary/aromatic N) is 4. The van der Waals surface area contributed by atoms with Gasteiger partial charge in [0, 0.05) is 11.8 Å². The summed E-state index contributed by atoms with van der Waals surface area (Å²) in [5.41, 5.74) is 3.01. The van der Waals surface area contributed by atoms with Crippen LogP contribution in [0, 0.1) is 24.1 Å². The molecule has 0 saturated carbocycles. The molecule has 1 aliphatic rings. The number of rotatable bonds is 4. The minimum Gasteiger partial charge on any atom is -0.391 e. The summed E-state index contributed by atoms with van der Waals surface area (Å²) in [6.45, 7) is 0.761. The third kappa shape index (κ3) is 4.15. The van der Waals surface area contributed by atoms with Crippen LogP contribution in [0.25, 0.3) is 0 Å². The Labute approximate surface area is 168 Å². The standard InChI is InChI=1S/C18H15F3N6O3/c1-9-4-10(5-22)6-24-15(9)30-17(28)26-13-3-2-11(19)14(25-13)18(16(20)21)8-29-7-12(23)27-18/h2-4,6,16H,7-8H2,1H3,(H2,23,27)(H,25,26,28)/t18-/m0/s1. The molecule has 0 radical (unpaired) electrons. The second-order valence-corrected chi connectivity index (χ2v) is 6.32. The number of amides is 1. The average molecular weight is 420 g/mol. The van der Waals surface area contributed by atoms with Crippen molar-refractivity contribution in [1.29, 1.82) is 5.26 Å². The molecule has 0 aromatic carbocycles. The summed E-state index contributed by atoms with van der Waals surface area (Å²) in [6, 6.07) is 5.27. The van der Waals surface area contributed by atoms with E-state index in [2.05, 4.69) is 20.3 Å². The summed E-state index contributed by atoms with van der Waals surface area (Å²) >= 11 is 0. The van der Waals surface area contributed by atoms with Gasteiger partial charge < -0.3 is 15.2 Å². The van der Waals surface area contributed by atoms with E-state index in [9.17, 15) is 18.0 Å². The zero-order valence-corrected chi connectivity index (χ0v) is 15.5. The Balaban J connectivity index is 1.86. The molecule has 156 valence electrons. The van der Waals surface area contributed by atoms with Crippen LogP contribution < -0.4 is 15.8 Å². The maximum absolute atomic E-state index is 14.4. The second kappa shape index (κ2) is 8.34. The zero-order chi connectivity index (χ0) is 21.9. The van der Waals surface area contributed by atoms with Crippen LogP contribution in [0.4, 0.5) is 23.8 Å². The third-order valence-electron chi connectivity index (χ3n) is 4.11. The van der Waals surface area contributed by atoms with E-state index in [1.165, 1.54) is 12.3 Å². The van der Waals surface area contributed by atoms with Gasteiger partial charge in [-0.2, -0.15) is 5.26 Å². The number of aromatic nitrogens is 2. The van der Waals surface area contributed by atoms with Crippen LogP contribution >= 0.6 is 0 Å². The molecular weight excluding hydrogens is 405 g/mol. The van der Waals surface area contributed by atoms with Gasteiger partial charge >= 0.3 is 6.09 Å². The molecule has 9 nitrogen and oxygen atoms in total. The number of nitriles is 1. The molecule has 1 amide bonds. The lowest BCUT2D eigenvalue weighted by atomic mass is 9.95. The fourth-order valence-electron chi connectivity index (χ4n) is 2.73. The molecule has 0 bridgehead atoms. The van der Waals surface area contributed by atoms with Gasteiger partial charge in [0.2, 0.25) is 5.88 Å². The summed E-state index contributed by atoms with van der Waals surface area (Å²) in [5.74, 6) is -1.64. The number of carbonyl (C=O) groups excluding carboxylic acids is 1. The van der Waals surface area contributed by atoms with Crippen LogP contribution in [0.1, 0.15) is 16.8 Å². The van der Waals surface area contributed by atoms with E-state index >= 15 is 0 Å². The summed E-state index contributed by atoms with van der Waals surface area (Å²) in [4.78, 5) is 23.5. The molecule has 2 aromatic heterocycles. The number of pyridine rings is 2. The Kier molecular flexibility index (Phi) is 5.84. The minimum absolute atomic E-state index is 0.0732. The second-order valence-electron chi connectivity index (χ2n) is 6.32. The largest absolute Gasteiger partial charge is 0.419 e. The van der Waals surface area contributed by atoms with Gasteiger partial charge in [0.1, 0.15) is 35.8 Å². The number of nitrogens with one attached hydrogen (secondary N) is 1. The zero-order valence-electron chi connectivity index (χ0n) is 15.5. The summed E-state index contributed by atoms with van der Waals surface area (Å²) in [7, 11) is 0. The van der Waals surface area contributed by atoms with E-state index in [4.69, 9.17) is 20.5 Å². The van der Waals surface area contributed by atoms with E-state index in [1.54, 1.807) is 6.92 Å². The van der Waals surface area contributed by atoms with E-state index in [0.717, 1.165) is 12.1 Å². The Morgan fingerprint density at radius 3 is 2.87 bits per heavy atom. The molecule has 3 heterocycles. The number of alkyl halides is 2. The SMILES string of the molecule is Cc1cc(C#N)cnc1OC(=O)Nc1ccc(F)c([C@]2(C(F)F)COCC(N)=N2)n1. The van der Waals surface area contributed by atoms with Gasteiger partial charge in [-0.05, 0) is 25.1 Å². The van der Waals surface area contributed by atoms with E-state index in [0.29, 0.717) is 5.56 Å². The highest BCUT2D eigenvalue weighted by Crippen LogP contribution is 2.36. The number of aryl methyl sites for hydroxylation is 1. The topological polar surface area (TPSA) is 136 Å². The first-order valence-electron chi connectivity index (χ1n) is 8.48. The van der Waals surface area contributed by atoms with Crippen LogP contribution in [0.15, 0.2) is 29.4 Å². The molecule has 12 heteroatoms. The maximum atomic E-state index is 14.4. The third-order valence-corrected chi connectivity index (χ3v) is 4.11. The number of anilines is 1. The Morgan fingerprint density at radius 2 is 2.23 bits per heavy atom. The van der Waals surface area contributed by atoms with Crippen LogP contribution in [0.3, 0.4) is 0 Å². The normalized spacial score (nSPS) is 18.5. The lowest BCUT2D eigenvalue weighted by Gasteiger charge is -2.32. The Bertz CT molecular complexity index is 1060. The highest BCUT2D eigenvalue weighted by atomic mass is 19.3. The van der Waals surface area contributed by atoms with Gasteiger partial charge in [0.05, 0.1) is 12.2 Å². The van der Waals surface area contributed by atoms with Crippen LogP contribution in [0.5, 0.6) is 5.88 Å². The smallest absolute Gasteiger partial charge is 0.391 e. The molecule has 0 unspecified atom stereocenters. The van der Waals surface area contributed by atoms with E-state index in [1.807, 2.05) is 6.07 Å². The van der Waals surface area contributed by atoms with Gasteiger partial charge in [0.25, 0.3) is 6.43 Å². The van der Waals surface area contributed by atoms with E-state index in [-0.39, 0.29) is 29.7 Å². The van der Waals surface area contributed by atoms with Gasteiger partial charge in [-0.1, -0.05) is 0 Å². The van der Waals surface area contributed by atoms with Crippen molar-refractivity contribution in [2.45, 2.75) is 18.9 Å². The Morgan fingerprint density at radius 1 is 1.47 bits per heavy atom. The van der Waals surface area contributed by atoms with Gasteiger partial charge in [-0.25, -0.2) is 32.9 Å². The van der Waals surface area contributed by atoms with Crippen LogP contribution in [0.2, 0.25) is 0 Å². The highest BCUT2D eigenvalue weighted by Gasteiger charge is 2.47. The molecule has 0 fully saturated rings. The number of hydrogen-bond donors (Lipinski definition) is 2. The number of amidine groups is 1. The molecule has 0 spiro atoms. The van der Waals surface area contributed by atoms with Crippen molar-refractivity contribution in [1.82, 2.24) is 9.97 Å². The first-order valence-corrected chi connectivity index (χ1v) is 8.48. The van der Waals surface area contributed by atoms with Crippen LogP contribution in [-0.4, -0.2) is 41.5 Å². The van der Waals surface area contributed by atoms with E-state index < -0.39 is 36.2 Å². The summed E-state index contributed by atoms with van der Waals surface area (Å²) < 4.78 is 52.0. The van der Waals surface area contributed by atoms with Crippen molar-refractivity contribution < 1.29 is 27.4 Å². The average Bonchev–Trinajstić information content (AvgIpc) is 2.70. The van der Waals surface area contributed by atoms with Gasteiger partial charge in [0.15, 0.2) is 5.54 Å². The number of nitrogens with two attached hydrogens (primary N) is 1. The fraction of sp³-hybridized carbons (Fsp3) is 0.278. The van der Waals surface area contributed by atoms with Crippen molar-refractivity contribution in [3.63, 3.8) is 0 Å². The number of ether oxygens (including phenoxy) is 2. The molecule has 0 aliphatic carbocycles. The predicted octanol–water partition coefficient (Wildman–Crippen LogP) is 2.25. The van der Waals surface area contributed by atoms with Crippen molar-refractivity contribution in [3.8, 4) is 11.9 Å². The fourth-order valence-corrected chi connectivity index (χ4v) is 2.73. The molecule has 1 atom stereocenters. The van der Waals surface area contributed by atoms with Crippen molar-refractivity contribution in [3.05, 3.63) is 47.0 Å². The Hall–Kier alpha value is -3.72. The molecule has 1 aliphatic heterocycles. The van der Waals surface area contributed by atoms with Crippen LogP contribution in [-0.2, 0) is 10.3 Å². The minimum atomic E-state index is -3.17. The lowest BCUT2D eigenvalue weighted by molar-refractivity contribution is -0.0168. The van der Waals surface area contributed by atoms with Gasteiger partial charge in [-0.15, -0.1) is 0 Å². The summed E-state index contributed by atoms with van der Waals surface area (Å²) in [5, 5.41) is 11.0. The molecule has 30 heavy (non-hydrogen) atoms. The monoisotopic (exact) mass is 420 g/mol. The molecule has 3 N–H and O–H groups in total. The van der Waals surface area contributed by atoms with Crippen molar-refractivity contribution in [2.24, 2.45) is 10.7 Å². The van der Waals surface area contributed by atoms with Gasteiger partial charge in [-0.3, -0.25) is 5.32 Å². The summed E-state index contributed by atoms with van der Waals surface area (Å²) in [6.07, 6.45) is -3.01. The number of carbonyl (C=O) groups is 1.